The van der Waals surface area contributed by atoms with Gasteiger partial charge in [0, 0.05) is 39.6 Å². The average molecular weight is 439 g/mol. The van der Waals surface area contributed by atoms with Gasteiger partial charge < -0.3 is 4.57 Å². The predicted molar refractivity (Wildman–Crippen MR) is 123 cm³/mol. The number of thioether (sulfide) groups is 1. The minimum absolute atomic E-state index is 0.790. The monoisotopic (exact) mass is 438 g/mol. The number of thiophene rings is 1. The van der Waals surface area contributed by atoms with Crippen LogP contribution in [0.2, 0.25) is 0 Å². The van der Waals surface area contributed by atoms with Crippen molar-refractivity contribution in [3.63, 3.8) is 0 Å². The SMILES string of the molecule is CC1CCc2c(-c3nnc(SCc4csc(-c5ccccc5)n4)n3C)csc2C1. The Kier molecular flexibility index (Phi) is 5.28. The molecule has 1 aliphatic carbocycles. The zero-order chi connectivity index (χ0) is 19.8. The van der Waals surface area contributed by atoms with Crippen LogP contribution < -0.4 is 0 Å². The highest BCUT2D eigenvalue weighted by molar-refractivity contribution is 7.98. The van der Waals surface area contributed by atoms with Crippen molar-refractivity contribution >= 4 is 34.4 Å². The molecule has 5 rings (SSSR count). The molecule has 0 spiro atoms. The first-order valence-electron chi connectivity index (χ1n) is 9.80. The van der Waals surface area contributed by atoms with E-state index in [1.807, 2.05) is 17.4 Å². The van der Waals surface area contributed by atoms with Crippen LogP contribution in [0.1, 0.15) is 29.5 Å². The fraction of sp³-hybridized carbons (Fsp3) is 0.318. The van der Waals surface area contributed by atoms with E-state index in [1.165, 1.54) is 34.4 Å². The summed E-state index contributed by atoms with van der Waals surface area (Å²) in [5, 5.41) is 15.4. The van der Waals surface area contributed by atoms with E-state index >= 15 is 0 Å². The van der Waals surface area contributed by atoms with Gasteiger partial charge in [-0.1, -0.05) is 49.0 Å². The number of rotatable bonds is 5. The zero-order valence-corrected chi connectivity index (χ0v) is 18.9. The second kappa shape index (κ2) is 8.05. The van der Waals surface area contributed by atoms with Gasteiger partial charge >= 0.3 is 0 Å². The Morgan fingerprint density at radius 1 is 1.14 bits per heavy atom. The summed E-state index contributed by atoms with van der Waals surface area (Å²) < 4.78 is 2.13. The number of thiazole rings is 1. The van der Waals surface area contributed by atoms with Crippen molar-refractivity contribution in [1.29, 1.82) is 0 Å². The lowest BCUT2D eigenvalue weighted by Crippen LogP contribution is -2.09. The molecule has 1 aliphatic rings. The molecule has 4 aromatic rings. The van der Waals surface area contributed by atoms with Crippen molar-refractivity contribution in [3.8, 4) is 22.0 Å². The summed E-state index contributed by atoms with van der Waals surface area (Å²) >= 11 is 5.28. The molecule has 29 heavy (non-hydrogen) atoms. The number of nitrogens with zero attached hydrogens (tertiary/aromatic N) is 4. The molecule has 0 N–H and O–H groups in total. The molecule has 4 nitrogen and oxygen atoms in total. The summed E-state index contributed by atoms with van der Waals surface area (Å²) in [6.45, 7) is 2.35. The van der Waals surface area contributed by atoms with Gasteiger partial charge in [0.2, 0.25) is 0 Å². The van der Waals surface area contributed by atoms with Crippen LogP contribution in [0.25, 0.3) is 22.0 Å². The Balaban J connectivity index is 1.32. The van der Waals surface area contributed by atoms with Crippen LogP contribution in [-0.2, 0) is 25.6 Å². The van der Waals surface area contributed by atoms with Crippen LogP contribution in [0.4, 0.5) is 0 Å². The second-order valence-electron chi connectivity index (χ2n) is 7.56. The molecule has 7 heteroatoms. The minimum atomic E-state index is 0.790. The molecule has 1 atom stereocenters. The van der Waals surface area contributed by atoms with Crippen molar-refractivity contribution in [2.45, 2.75) is 37.1 Å². The smallest absolute Gasteiger partial charge is 0.191 e. The van der Waals surface area contributed by atoms with E-state index < -0.39 is 0 Å². The Labute approximate surface area is 183 Å². The third-order valence-electron chi connectivity index (χ3n) is 5.40. The van der Waals surface area contributed by atoms with Crippen LogP contribution in [0.15, 0.2) is 46.2 Å². The Hall–Kier alpha value is -1.96. The first-order chi connectivity index (χ1) is 14.2. The number of hydrogen-bond acceptors (Lipinski definition) is 6. The van der Waals surface area contributed by atoms with E-state index in [9.17, 15) is 0 Å². The molecule has 148 valence electrons. The molecular weight excluding hydrogens is 416 g/mol. The van der Waals surface area contributed by atoms with Gasteiger partial charge in [-0.25, -0.2) is 4.98 Å². The number of aromatic nitrogens is 4. The van der Waals surface area contributed by atoms with E-state index in [-0.39, 0.29) is 0 Å². The molecule has 0 saturated carbocycles. The lowest BCUT2D eigenvalue weighted by atomic mass is 9.88. The van der Waals surface area contributed by atoms with Crippen molar-refractivity contribution in [3.05, 3.63) is 57.2 Å². The summed E-state index contributed by atoms with van der Waals surface area (Å²) in [5.74, 6) is 2.58. The highest BCUT2D eigenvalue weighted by Gasteiger charge is 2.23. The molecule has 0 amide bonds. The summed E-state index contributed by atoms with van der Waals surface area (Å²) in [6, 6.07) is 10.3. The van der Waals surface area contributed by atoms with Crippen LogP contribution >= 0.6 is 34.4 Å². The summed E-state index contributed by atoms with van der Waals surface area (Å²) in [6.07, 6.45) is 3.63. The summed E-state index contributed by atoms with van der Waals surface area (Å²) in [7, 11) is 2.07. The Morgan fingerprint density at radius 2 is 2.00 bits per heavy atom. The van der Waals surface area contributed by atoms with Gasteiger partial charge in [0.05, 0.1) is 5.69 Å². The van der Waals surface area contributed by atoms with Gasteiger partial charge in [0.25, 0.3) is 0 Å². The molecule has 3 aromatic heterocycles. The summed E-state index contributed by atoms with van der Waals surface area (Å²) in [4.78, 5) is 6.32. The minimum Gasteiger partial charge on any atom is -0.305 e. The van der Waals surface area contributed by atoms with Crippen LogP contribution in [0, 0.1) is 5.92 Å². The van der Waals surface area contributed by atoms with E-state index in [0.717, 1.165) is 39.8 Å². The quantitative estimate of drug-likeness (QED) is 0.354. The molecular formula is C22H22N4S3. The molecule has 0 fully saturated rings. The van der Waals surface area contributed by atoms with Gasteiger partial charge in [0.1, 0.15) is 5.01 Å². The number of benzene rings is 1. The largest absolute Gasteiger partial charge is 0.305 e. The molecule has 0 saturated heterocycles. The third kappa shape index (κ3) is 3.79. The highest BCUT2D eigenvalue weighted by Crippen LogP contribution is 2.38. The maximum absolute atomic E-state index is 4.79. The molecule has 1 unspecified atom stereocenters. The van der Waals surface area contributed by atoms with Crippen molar-refractivity contribution in [1.82, 2.24) is 19.7 Å². The molecule has 1 aromatic carbocycles. The van der Waals surface area contributed by atoms with E-state index in [4.69, 9.17) is 4.98 Å². The highest BCUT2D eigenvalue weighted by atomic mass is 32.2. The standard InChI is InChI=1S/C22H22N4S3/c1-14-8-9-17-18(13-27-19(17)10-14)20-24-25-22(26(20)2)29-12-16-11-28-21(23-16)15-6-4-3-5-7-15/h3-7,11,13-14H,8-10,12H2,1-2H3. The van der Waals surface area contributed by atoms with Crippen LogP contribution in [0.3, 0.4) is 0 Å². The van der Waals surface area contributed by atoms with Crippen molar-refractivity contribution in [2.24, 2.45) is 13.0 Å². The maximum Gasteiger partial charge on any atom is 0.191 e. The first-order valence-corrected chi connectivity index (χ1v) is 12.5. The Morgan fingerprint density at radius 3 is 2.86 bits per heavy atom. The molecule has 0 aliphatic heterocycles. The second-order valence-corrected chi connectivity index (χ2v) is 10.3. The third-order valence-corrected chi connectivity index (χ3v) is 8.44. The fourth-order valence-electron chi connectivity index (χ4n) is 3.77. The normalized spacial score (nSPS) is 16.1. The van der Waals surface area contributed by atoms with Gasteiger partial charge in [-0.15, -0.1) is 32.9 Å². The lowest BCUT2D eigenvalue weighted by Gasteiger charge is -2.18. The number of fused-ring (bicyclic) bond motifs is 1. The lowest BCUT2D eigenvalue weighted by molar-refractivity contribution is 0.508. The van der Waals surface area contributed by atoms with E-state index in [2.05, 4.69) is 63.8 Å². The fourth-order valence-corrected chi connectivity index (χ4v) is 6.74. The Bertz CT molecular complexity index is 1130. The van der Waals surface area contributed by atoms with Gasteiger partial charge in [0.15, 0.2) is 11.0 Å². The molecule has 3 heterocycles. The van der Waals surface area contributed by atoms with E-state index in [1.54, 1.807) is 23.1 Å². The molecule has 0 bridgehead atoms. The summed E-state index contributed by atoms with van der Waals surface area (Å²) in [5.41, 5.74) is 5.03. The van der Waals surface area contributed by atoms with Gasteiger partial charge in [-0.05, 0) is 30.7 Å². The topological polar surface area (TPSA) is 43.6 Å². The first kappa shape index (κ1) is 19.0. The molecule has 0 radical (unpaired) electrons. The van der Waals surface area contributed by atoms with Crippen molar-refractivity contribution < 1.29 is 0 Å². The van der Waals surface area contributed by atoms with Crippen LogP contribution in [-0.4, -0.2) is 19.7 Å². The zero-order valence-electron chi connectivity index (χ0n) is 16.5. The van der Waals surface area contributed by atoms with Crippen molar-refractivity contribution in [2.75, 3.05) is 0 Å². The number of hydrogen-bond donors (Lipinski definition) is 0. The predicted octanol–water partition coefficient (Wildman–Crippen LogP) is 6.08. The maximum atomic E-state index is 4.79. The average Bonchev–Trinajstić information content (AvgIpc) is 3.45. The van der Waals surface area contributed by atoms with Crippen LogP contribution in [0.5, 0.6) is 0 Å². The van der Waals surface area contributed by atoms with Gasteiger partial charge in [-0.3, -0.25) is 0 Å². The van der Waals surface area contributed by atoms with Gasteiger partial charge in [-0.2, -0.15) is 0 Å². The van der Waals surface area contributed by atoms with E-state index in [0.29, 0.717) is 0 Å².